The second-order valence-electron chi connectivity index (χ2n) is 3.75. The summed E-state index contributed by atoms with van der Waals surface area (Å²) in [5, 5.41) is 0. The topological polar surface area (TPSA) is 26.0 Å². The maximum absolute atomic E-state index is 5.43. The van der Waals surface area contributed by atoms with Gasteiger partial charge in [-0.3, -0.25) is 0 Å². The normalized spacial score (nSPS) is 16.7. The molecule has 0 spiro atoms. The first-order valence-corrected chi connectivity index (χ1v) is 5.06. The van der Waals surface area contributed by atoms with Gasteiger partial charge >= 0.3 is 0 Å². The van der Waals surface area contributed by atoms with Crippen LogP contribution in [0, 0.1) is 5.41 Å². The molecule has 1 nitrogen and oxygen atoms in total. The fourth-order valence-corrected chi connectivity index (χ4v) is 1.31. The molecule has 0 aliphatic rings. The second-order valence-corrected chi connectivity index (χ2v) is 3.75. The summed E-state index contributed by atoms with van der Waals surface area (Å²) in [7, 11) is 0. The van der Waals surface area contributed by atoms with E-state index in [-0.39, 0.29) is 0 Å². The number of hydrogen-bond donors (Lipinski definition) is 1. The zero-order chi connectivity index (χ0) is 9.45. The summed E-state index contributed by atoms with van der Waals surface area (Å²) >= 11 is 0. The van der Waals surface area contributed by atoms with Crippen molar-refractivity contribution in [1.29, 1.82) is 0 Å². The Kier molecular flexibility index (Phi) is 6.09. The Morgan fingerprint density at radius 2 is 2.00 bits per heavy atom. The van der Waals surface area contributed by atoms with Crippen molar-refractivity contribution in [2.24, 2.45) is 11.1 Å². The lowest BCUT2D eigenvalue weighted by Gasteiger charge is -2.23. The van der Waals surface area contributed by atoms with E-state index in [1.54, 1.807) is 0 Å². The maximum atomic E-state index is 5.43. The molecule has 0 aromatic heterocycles. The van der Waals surface area contributed by atoms with E-state index in [0.717, 1.165) is 0 Å². The predicted octanol–water partition coefficient (Wildman–Crippen LogP) is 3.11. The van der Waals surface area contributed by atoms with E-state index < -0.39 is 0 Å². The summed E-state index contributed by atoms with van der Waals surface area (Å²) in [6.45, 7) is 7.47. The molecular weight excluding hydrogens is 146 g/mol. The van der Waals surface area contributed by atoms with Gasteiger partial charge in [0.05, 0.1) is 0 Å². The largest absolute Gasteiger partial charge is 0.327 e. The van der Waals surface area contributed by atoms with Gasteiger partial charge in [-0.2, -0.15) is 0 Å². The van der Waals surface area contributed by atoms with Crippen molar-refractivity contribution < 1.29 is 0 Å². The van der Waals surface area contributed by atoms with Gasteiger partial charge < -0.3 is 5.73 Å². The highest BCUT2D eigenvalue weighted by molar-refractivity contribution is 4.97. The van der Waals surface area contributed by atoms with Crippen LogP contribution in [0.15, 0.2) is 12.2 Å². The first kappa shape index (κ1) is 11.7. The van der Waals surface area contributed by atoms with Crippen LogP contribution in [0.2, 0.25) is 0 Å². The van der Waals surface area contributed by atoms with Crippen LogP contribution >= 0.6 is 0 Å². The number of hydrogen-bond acceptors (Lipinski definition) is 1. The number of allylic oxidation sites excluding steroid dienone is 1. The van der Waals surface area contributed by atoms with E-state index in [2.05, 4.69) is 32.9 Å². The van der Waals surface area contributed by atoms with Gasteiger partial charge in [0.2, 0.25) is 0 Å². The first-order chi connectivity index (χ1) is 5.68. The van der Waals surface area contributed by atoms with Gasteiger partial charge in [-0.1, -0.05) is 45.8 Å². The third-order valence-electron chi connectivity index (χ3n) is 2.57. The Morgan fingerprint density at radius 3 is 2.42 bits per heavy atom. The Bertz CT molecular complexity index is 129. The highest BCUT2D eigenvalue weighted by Gasteiger charge is 2.16. The van der Waals surface area contributed by atoms with Crippen LogP contribution < -0.4 is 5.73 Å². The number of nitrogens with two attached hydrogens (primary N) is 1. The summed E-state index contributed by atoms with van der Waals surface area (Å²) in [5.41, 5.74) is 5.82. The molecule has 0 fully saturated rings. The van der Waals surface area contributed by atoms with Crippen LogP contribution in [-0.4, -0.2) is 6.54 Å². The SMILES string of the molecule is CCCC[C@](C)(/C=C\CN)CC. The molecule has 0 saturated carbocycles. The molecular formula is C11H23N. The molecule has 12 heavy (non-hydrogen) atoms. The van der Waals surface area contributed by atoms with Crippen LogP contribution in [-0.2, 0) is 0 Å². The average Bonchev–Trinajstić information content (AvgIpc) is 2.11. The van der Waals surface area contributed by atoms with Crippen molar-refractivity contribution in [3.8, 4) is 0 Å². The first-order valence-electron chi connectivity index (χ1n) is 5.06. The highest BCUT2D eigenvalue weighted by atomic mass is 14.5. The molecule has 0 aliphatic carbocycles. The Morgan fingerprint density at radius 1 is 1.33 bits per heavy atom. The molecule has 2 N–H and O–H groups in total. The van der Waals surface area contributed by atoms with Gasteiger partial charge in [0, 0.05) is 6.54 Å². The average molecular weight is 169 g/mol. The molecule has 0 heterocycles. The van der Waals surface area contributed by atoms with Crippen LogP contribution in [0.4, 0.5) is 0 Å². The third kappa shape index (κ3) is 4.55. The zero-order valence-electron chi connectivity index (χ0n) is 8.77. The van der Waals surface area contributed by atoms with E-state index in [1.807, 2.05) is 0 Å². The third-order valence-corrected chi connectivity index (χ3v) is 2.57. The van der Waals surface area contributed by atoms with Crippen LogP contribution in [0.3, 0.4) is 0 Å². The molecule has 0 unspecified atom stereocenters. The molecule has 72 valence electrons. The molecule has 0 aromatic rings. The van der Waals surface area contributed by atoms with Gasteiger partial charge in [-0.25, -0.2) is 0 Å². The van der Waals surface area contributed by atoms with Gasteiger partial charge in [0.25, 0.3) is 0 Å². The summed E-state index contributed by atoms with van der Waals surface area (Å²) in [4.78, 5) is 0. The number of rotatable bonds is 6. The molecule has 0 aliphatic heterocycles. The molecule has 1 heteroatoms. The van der Waals surface area contributed by atoms with E-state index >= 15 is 0 Å². The smallest absolute Gasteiger partial charge is 0.0107 e. The van der Waals surface area contributed by atoms with Gasteiger partial charge in [-0.05, 0) is 18.3 Å². The molecule has 1 atom stereocenters. The molecule has 0 rings (SSSR count). The monoisotopic (exact) mass is 169 g/mol. The van der Waals surface area contributed by atoms with E-state index in [4.69, 9.17) is 5.73 Å². The minimum absolute atomic E-state index is 0.384. The van der Waals surface area contributed by atoms with Crippen molar-refractivity contribution in [2.45, 2.75) is 46.5 Å². The van der Waals surface area contributed by atoms with Crippen molar-refractivity contribution in [1.82, 2.24) is 0 Å². The van der Waals surface area contributed by atoms with Crippen molar-refractivity contribution in [2.75, 3.05) is 6.54 Å². The minimum atomic E-state index is 0.384. The lowest BCUT2D eigenvalue weighted by molar-refractivity contribution is 0.363. The fraction of sp³-hybridized carbons (Fsp3) is 0.818. The van der Waals surface area contributed by atoms with E-state index in [9.17, 15) is 0 Å². The van der Waals surface area contributed by atoms with Gasteiger partial charge in [0.15, 0.2) is 0 Å². The second kappa shape index (κ2) is 6.24. The molecule has 0 amide bonds. The standard InChI is InChI=1S/C11H23N/c1-4-6-8-11(3,5-2)9-7-10-12/h7,9H,4-6,8,10,12H2,1-3H3/b9-7-/t11-/m1/s1. The summed E-state index contributed by atoms with van der Waals surface area (Å²) < 4.78 is 0. The van der Waals surface area contributed by atoms with Gasteiger partial charge in [-0.15, -0.1) is 0 Å². The predicted molar refractivity (Wildman–Crippen MR) is 56.1 cm³/mol. The molecule has 0 radical (unpaired) electrons. The summed E-state index contributed by atoms with van der Waals surface area (Å²) in [6.07, 6.45) is 9.47. The Labute approximate surface area is 77.0 Å². The number of unbranched alkanes of at least 4 members (excludes halogenated alkanes) is 1. The van der Waals surface area contributed by atoms with E-state index in [1.165, 1.54) is 25.7 Å². The Balaban J connectivity index is 3.95. The van der Waals surface area contributed by atoms with Crippen LogP contribution in [0.1, 0.15) is 46.5 Å². The summed E-state index contributed by atoms with van der Waals surface area (Å²) in [6, 6.07) is 0. The summed E-state index contributed by atoms with van der Waals surface area (Å²) in [5.74, 6) is 0. The van der Waals surface area contributed by atoms with Crippen molar-refractivity contribution >= 4 is 0 Å². The van der Waals surface area contributed by atoms with Crippen LogP contribution in [0.25, 0.3) is 0 Å². The lowest BCUT2D eigenvalue weighted by atomic mass is 9.82. The highest BCUT2D eigenvalue weighted by Crippen LogP contribution is 2.29. The van der Waals surface area contributed by atoms with Crippen LogP contribution in [0.5, 0.6) is 0 Å². The lowest BCUT2D eigenvalue weighted by Crippen LogP contribution is -2.12. The van der Waals surface area contributed by atoms with Crippen molar-refractivity contribution in [3.63, 3.8) is 0 Å². The van der Waals surface area contributed by atoms with Crippen molar-refractivity contribution in [3.05, 3.63) is 12.2 Å². The molecule has 0 bridgehead atoms. The molecule has 0 saturated heterocycles. The quantitative estimate of drug-likeness (QED) is 0.607. The fourth-order valence-electron chi connectivity index (χ4n) is 1.31. The zero-order valence-corrected chi connectivity index (χ0v) is 8.77. The Hall–Kier alpha value is -0.300. The van der Waals surface area contributed by atoms with Gasteiger partial charge in [0.1, 0.15) is 0 Å². The molecule has 0 aromatic carbocycles. The minimum Gasteiger partial charge on any atom is -0.327 e. The maximum Gasteiger partial charge on any atom is 0.0107 e. The van der Waals surface area contributed by atoms with E-state index in [0.29, 0.717) is 12.0 Å².